The number of benzene rings is 1. The fourth-order valence-corrected chi connectivity index (χ4v) is 5.27. The van der Waals surface area contributed by atoms with Crippen LogP contribution in [0.3, 0.4) is 0 Å². The van der Waals surface area contributed by atoms with Crippen LogP contribution < -0.4 is 0 Å². The lowest BCUT2D eigenvalue weighted by molar-refractivity contribution is -0.326. The lowest BCUT2D eigenvalue weighted by atomic mass is 9.93. The molecule has 1 aliphatic heterocycles. The van der Waals surface area contributed by atoms with Gasteiger partial charge in [0.05, 0.1) is 59.9 Å². The third kappa shape index (κ3) is 3.87. The molecule has 0 bridgehead atoms. The Kier molecular flexibility index (Phi) is 5.73. The van der Waals surface area contributed by atoms with Gasteiger partial charge in [-0.3, -0.25) is 4.98 Å². The topological polar surface area (TPSA) is 119 Å². The van der Waals surface area contributed by atoms with Gasteiger partial charge in [-0.25, -0.2) is 19.3 Å². The summed E-state index contributed by atoms with van der Waals surface area (Å²) < 4.78 is 14.4. The first kappa shape index (κ1) is 23.3. The Bertz CT molecular complexity index is 1610. The zero-order valence-electron chi connectivity index (χ0n) is 21.0. The average molecular weight is 503 g/mol. The molecule has 0 saturated carbocycles. The molecule has 5 aromatic rings. The van der Waals surface area contributed by atoms with Gasteiger partial charge in [0.2, 0.25) is 0 Å². The summed E-state index contributed by atoms with van der Waals surface area (Å²) in [7, 11) is 3.23. The number of methoxy groups -OCH3 is 1. The van der Waals surface area contributed by atoms with E-state index >= 15 is 0 Å². The van der Waals surface area contributed by atoms with Crippen molar-refractivity contribution >= 4 is 27.9 Å². The Morgan fingerprint density at radius 2 is 2.03 bits per heavy atom. The Labute approximate surface area is 211 Å². The van der Waals surface area contributed by atoms with Gasteiger partial charge in [0.1, 0.15) is 11.5 Å². The van der Waals surface area contributed by atoms with Crippen LogP contribution in [-0.2, 0) is 21.6 Å². The number of aryl methyl sites for hydroxylation is 3. The van der Waals surface area contributed by atoms with E-state index in [1.54, 1.807) is 10.7 Å². The van der Waals surface area contributed by atoms with Crippen molar-refractivity contribution in [2.45, 2.75) is 26.3 Å². The minimum atomic E-state index is -0.410. The van der Waals surface area contributed by atoms with Crippen LogP contribution in [0.1, 0.15) is 40.0 Å². The van der Waals surface area contributed by atoms with Gasteiger partial charge in [-0.1, -0.05) is 10.4 Å². The van der Waals surface area contributed by atoms with E-state index in [0.29, 0.717) is 24.5 Å². The Morgan fingerprint density at radius 1 is 1.16 bits per heavy atom. The minimum absolute atomic E-state index is 0.0302. The molecular weight excluding hydrogens is 476 g/mol. The van der Waals surface area contributed by atoms with E-state index in [-0.39, 0.29) is 12.0 Å². The second-order valence-corrected chi connectivity index (χ2v) is 9.29. The fraction of sp³-hybridized carbons (Fsp3) is 0.346. The molecule has 190 valence electrons. The fourth-order valence-electron chi connectivity index (χ4n) is 5.27. The molecule has 4 aromatic heterocycles. The van der Waals surface area contributed by atoms with Gasteiger partial charge in [0, 0.05) is 36.2 Å². The second-order valence-electron chi connectivity index (χ2n) is 9.29. The van der Waals surface area contributed by atoms with Crippen LogP contribution in [0.5, 0.6) is 0 Å². The van der Waals surface area contributed by atoms with Crippen LogP contribution in [0, 0.1) is 19.8 Å². The highest BCUT2D eigenvalue weighted by molar-refractivity contribution is 6.08. The summed E-state index contributed by atoms with van der Waals surface area (Å²) in [6.07, 6.45) is 2.59. The number of carbonyl (C=O) groups excluding carboxylic acids is 1. The predicted molar refractivity (Wildman–Crippen MR) is 133 cm³/mol. The molecule has 6 rings (SSSR count). The lowest BCUT2D eigenvalue weighted by Crippen LogP contribution is -2.29. The molecule has 1 aromatic carbocycles. The quantitative estimate of drug-likeness (QED) is 0.260. The molecule has 0 amide bonds. The first-order chi connectivity index (χ1) is 18.0. The van der Waals surface area contributed by atoms with Gasteiger partial charge in [0.25, 0.3) is 0 Å². The monoisotopic (exact) mass is 502 g/mol. The molecule has 0 N–H and O–H groups in total. The van der Waals surface area contributed by atoms with Gasteiger partial charge in [0.15, 0.2) is 0 Å². The van der Waals surface area contributed by atoms with E-state index in [1.165, 1.54) is 7.11 Å². The molecular formula is C26H26N6O5. The molecule has 1 aliphatic rings. The van der Waals surface area contributed by atoms with E-state index in [2.05, 4.69) is 26.1 Å². The Balaban J connectivity index is 1.68. The SMILES string of the molecule is COC(=O)c1ccc2c3ncc(-c4c(C)nnn4C)cc3n(C(c3cc(C)on3)C3CCOOC3)c2c1. The van der Waals surface area contributed by atoms with Crippen molar-refractivity contribution in [1.29, 1.82) is 0 Å². The summed E-state index contributed by atoms with van der Waals surface area (Å²) >= 11 is 0. The first-order valence-corrected chi connectivity index (χ1v) is 12.0. The largest absolute Gasteiger partial charge is 0.465 e. The molecule has 37 heavy (non-hydrogen) atoms. The van der Waals surface area contributed by atoms with Crippen molar-refractivity contribution in [3.8, 4) is 11.3 Å². The predicted octanol–water partition coefficient (Wildman–Crippen LogP) is 3.93. The average Bonchev–Trinajstić information content (AvgIpc) is 3.59. The lowest BCUT2D eigenvalue weighted by Gasteiger charge is -2.30. The molecule has 1 saturated heterocycles. The maximum atomic E-state index is 12.5. The maximum absolute atomic E-state index is 12.5. The number of ether oxygens (including phenoxy) is 1. The number of hydrogen-bond acceptors (Lipinski definition) is 9. The maximum Gasteiger partial charge on any atom is 0.337 e. The number of aromatic nitrogens is 6. The molecule has 0 radical (unpaired) electrons. The van der Waals surface area contributed by atoms with Crippen molar-refractivity contribution in [1.82, 2.24) is 29.7 Å². The van der Waals surface area contributed by atoms with Gasteiger partial charge in [-0.2, -0.15) is 0 Å². The summed E-state index contributed by atoms with van der Waals surface area (Å²) in [5.74, 6) is 0.328. The zero-order valence-corrected chi connectivity index (χ0v) is 21.0. The molecule has 5 heterocycles. The van der Waals surface area contributed by atoms with Crippen molar-refractivity contribution in [2.75, 3.05) is 20.3 Å². The standard InChI is InChI=1S/C26H26N6O5/c1-14-9-20(29-37-14)25(17-7-8-35-36-13-17)32-21-10-16(26(33)34-4)5-6-19(21)23-22(32)11-18(12-27-23)24-15(2)28-30-31(24)3/h5-6,9-12,17,25H,7-8,13H2,1-4H3. The number of carbonyl (C=O) groups is 1. The number of rotatable bonds is 5. The first-order valence-electron chi connectivity index (χ1n) is 12.0. The van der Waals surface area contributed by atoms with Crippen molar-refractivity contribution < 1.29 is 23.8 Å². The number of pyridine rings is 1. The zero-order chi connectivity index (χ0) is 25.7. The van der Waals surface area contributed by atoms with Gasteiger partial charge >= 0.3 is 5.97 Å². The highest BCUT2D eigenvalue weighted by Crippen LogP contribution is 2.40. The Morgan fingerprint density at radius 3 is 2.70 bits per heavy atom. The molecule has 0 spiro atoms. The molecule has 0 aliphatic carbocycles. The smallest absolute Gasteiger partial charge is 0.337 e. The summed E-state index contributed by atoms with van der Waals surface area (Å²) in [5, 5.41) is 13.7. The second kappa shape index (κ2) is 9.09. The van der Waals surface area contributed by atoms with Crippen molar-refractivity contribution in [2.24, 2.45) is 13.0 Å². The summed E-state index contributed by atoms with van der Waals surface area (Å²) in [6.45, 7) is 4.64. The van der Waals surface area contributed by atoms with Crippen LogP contribution in [0.4, 0.5) is 0 Å². The van der Waals surface area contributed by atoms with E-state index in [4.69, 9.17) is 24.0 Å². The number of fused-ring (bicyclic) bond motifs is 3. The summed E-state index contributed by atoms with van der Waals surface area (Å²) in [5.41, 5.74) is 6.30. The van der Waals surface area contributed by atoms with Gasteiger partial charge < -0.3 is 13.8 Å². The molecule has 11 nitrogen and oxygen atoms in total. The van der Waals surface area contributed by atoms with E-state index in [1.807, 2.05) is 45.3 Å². The van der Waals surface area contributed by atoms with Crippen molar-refractivity contribution in [3.05, 3.63) is 59.2 Å². The summed E-state index contributed by atoms with van der Waals surface area (Å²) in [4.78, 5) is 28.0. The van der Waals surface area contributed by atoms with Gasteiger partial charge in [-0.15, -0.1) is 5.10 Å². The molecule has 11 heteroatoms. The summed E-state index contributed by atoms with van der Waals surface area (Å²) in [6, 6.07) is 9.28. The van der Waals surface area contributed by atoms with Crippen LogP contribution in [0.25, 0.3) is 33.2 Å². The highest BCUT2D eigenvalue weighted by Gasteiger charge is 2.33. The third-order valence-electron chi connectivity index (χ3n) is 6.94. The number of hydrogen-bond donors (Lipinski definition) is 0. The number of esters is 1. The van der Waals surface area contributed by atoms with Crippen LogP contribution >= 0.6 is 0 Å². The number of nitrogens with zero attached hydrogens (tertiary/aromatic N) is 6. The van der Waals surface area contributed by atoms with Gasteiger partial charge in [-0.05, 0) is 44.5 Å². The van der Waals surface area contributed by atoms with E-state index < -0.39 is 5.97 Å². The van der Waals surface area contributed by atoms with Crippen LogP contribution in [0.15, 0.2) is 41.1 Å². The normalized spacial score (nSPS) is 16.9. The Hall–Kier alpha value is -4.09. The highest BCUT2D eigenvalue weighted by atomic mass is 17.2. The van der Waals surface area contributed by atoms with Crippen LogP contribution in [0.2, 0.25) is 0 Å². The van der Waals surface area contributed by atoms with E-state index in [0.717, 1.165) is 51.0 Å². The van der Waals surface area contributed by atoms with Crippen LogP contribution in [-0.4, -0.2) is 56.0 Å². The molecule has 2 unspecified atom stereocenters. The minimum Gasteiger partial charge on any atom is -0.465 e. The van der Waals surface area contributed by atoms with Crippen molar-refractivity contribution in [3.63, 3.8) is 0 Å². The third-order valence-corrected chi connectivity index (χ3v) is 6.94. The molecule has 1 fully saturated rings. The molecule has 2 atom stereocenters. The van der Waals surface area contributed by atoms with E-state index in [9.17, 15) is 4.79 Å².